The Bertz CT molecular complexity index is 1530. The van der Waals surface area contributed by atoms with Crippen molar-refractivity contribution in [1.29, 1.82) is 0 Å². The first-order chi connectivity index (χ1) is 17.6. The second kappa shape index (κ2) is 7.92. The Morgan fingerprint density at radius 3 is 2.89 bits per heavy atom. The molecule has 36 heavy (non-hydrogen) atoms. The smallest absolute Gasteiger partial charge is 0.255 e. The third kappa shape index (κ3) is 3.29. The number of amides is 1. The van der Waals surface area contributed by atoms with Gasteiger partial charge in [-0.3, -0.25) is 9.78 Å². The predicted octanol–water partition coefficient (Wildman–Crippen LogP) is 3.89. The zero-order valence-corrected chi connectivity index (χ0v) is 19.3. The molecule has 1 amide bonds. The summed E-state index contributed by atoms with van der Waals surface area (Å²) in [4.78, 5) is 25.9. The van der Waals surface area contributed by atoms with Crippen LogP contribution >= 0.6 is 0 Å². The number of benzene rings is 1. The number of carbonyl (C=O) groups is 1. The predicted molar refractivity (Wildman–Crippen MR) is 129 cm³/mol. The highest BCUT2D eigenvalue weighted by Crippen LogP contribution is 2.50. The molecule has 1 saturated heterocycles. The van der Waals surface area contributed by atoms with Crippen LogP contribution in [-0.2, 0) is 4.74 Å². The van der Waals surface area contributed by atoms with Crippen LogP contribution in [-0.4, -0.2) is 53.3 Å². The van der Waals surface area contributed by atoms with Gasteiger partial charge >= 0.3 is 0 Å². The van der Waals surface area contributed by atoms with Crippen molar-refractivity contribution in [1.82, 2.24) is 20.3 Å². The standard InChI is InChI=1S/C26H22FN5O4/c1-34-25-15(27)3-2-4-17(25)29-24-20-22(14-9-18(14)30-26(20)33)32-23(24)13-7-8-28-16-5-6-19(31-21(13)16)36-12-10-35-11-12/h2-8,12,14,18,29,32H,9-11H2,1H3,(H,30,33). The van der Waals surface area contributed by atoms with Gasteiger partial charge in [0.05, 0.1) is 48.5 Å². The number of H-pyrrole nitrogens is 1. The largest absolute Gasteiger partial charge is 0.492 e. The molecule has 0 bridgehead atoms. The van der Waals surface area contributed by atoms with Crippen molar-refractivity contribution in [2.45, 2.75) is 24.5 Å². The third-order valence-electron chi connectivity index (χ3n) is 6.89. The van der Waals surface area contributed by atoms with E-state index in [0.717, 1.165) is 17.7 Å². The number of halogens is 1. The summed E-state index contributed by atoms with van der Waals surface area (Å²) in [5.41, 5.74) is 5.03. The molecule has 182 valence electrons. The van der Waals surface area contributed by atoms with Crippen molar-refractivity contribution >= 4 is 28.3 Å². The number of anilines is 2. The highest BCUT2D eigenvalue weighted by molar-refractivity contribution is 6.09. The Morgan fingerprint density at radius 2 is 2.08 bits per heavy atom. The molecule has 2 atom stereocenters. The van der Waals surface area contributed by atoms with Crippen LogP contribution in [0.2, 0.25) is 0 Å². The van der Waals surface area contributed by atoms with Crippen LogP contribution in [0.15, 0.2) is 42.6 Å². The van der Waals surface area contributed by atoms with Gasteiger partial charge in [-0.1, -0.05) is 6.07 Å². The lowest BCUT2D eigenvalue weighted by Crippen LogP contribution is -2.38. The highest BCUT2D eigenvalue weighted by Gasteiger charge is 2.48. The van der Waals surface area contributed by atoms with Crippen molar-refractivity contribution in [2.24, 2.45) is 0 Å². The van der Waals surface area contributed by atoms with Crippen LogP contribution in [0.5, 0.6) is 11.6 Å². The molecule has 4 aromatic rings. The number of ether oxygens (including phenoxy) is 3. The normalized spacial score (nSPS) is 20.2. The number of para-hydroxylation sites is 1. The summed E-state index contributed by atoms with van der Waals surface area (Å²) < 4.78 is 30.9. The van der Waals surface area contributed by atoms with Gasteiger partial charge in [0.1, 0.15) is 11.6 Å². The summed E-state index contributed by atoms with van der Waals surface area (Å²) in [6.45, 7) is 1.06. The van der Waals surface area contributed by atoms with Gasteiger partial charge in [-0.15, -0.1) is 0 Å². The van der Waals surface area contributed by atoms with Gasteiger partial charge in [-0.2, -0.15) is 0 Å². The Balaban J connectivity index is 1.41. The Hall–Kier alpha value is -4.18. The molecule has 0 spiro atoms. The summed E-state index contributed by atoms with van der Waals surface area (Å²) in [7, 11) is 1.41. The lowest BCUT2D eigenvalue weighted by Gasteiger charge is -2.26. The molecular weight excluding hydrogens is 465 g/mol. The van der Waals surface area contributed by atoms with Crippen LogP contribution in [0.1, 0.15) is 28.4 Å². The molecule has 2 unspecified atom stereocenters. The molecule has 3 N–H and O–H groups in total. The summed E-state index contributed by atoms with van der Waals surface area (Å²) >= 11 is 0. The fourth-order valence-corrected chi connectivity index (χ4v) is 4.95. The van der Waals surface area contributed by atoms with Gasteiger partial charge in [0.2, 0.25) is 5.88 Å². The Labute approximate surface area is 205 Å². The number of aromatic nitrogens is 3. The number of nitrogens with zero attached hydrogens (tertiary/aromatic N) is 2. The fourth-order valence-electron chi connectivity index (χ4n) is 4.95. The van der Waals surface area contributed by atoms with Gasteiger partial charge in [0, 0.05) is 35.5 Å². The van der Waals surface area contributed by atoms with Crippen molar-refractivity contribution in [3.05, 3.63) is 59.7 Å². The van der Waals surface area contributed by atoms with Crippen LogP contribution in [0.3, 0.4) is 0 Å². The number of hydrogen-bond acceptors (Lipinski definition) is 7. The van der Waals surface area contributed by atoms with E-state index in [9.17, 15) is 9.18 Å². The minimum Gasteiger partial charge on any atom is -0.492 e. The molecule has 9 nitrogen and oxygen atoms in total. The van der Waals surface area contributed by atoms with Gasteiger partial charge in [0.25, 0.3) is 5.91 Å². The monoisotopic (exact) mass is 487 g/mol. The van der Waals surface area contributed by atoms with Crippen LogP contribution in [0, 0.1) is 5.82 Å². The van der Waals surface area contributed by atoms with E-state index in [1.54, 1.807) is 24.4 Å². The van der Waals surface area contributed by atoms with Crippen molar-refractivity contribution < 1.29 is 23.4 Å². The molecule has 2 fully saturated rings. The average Bonchev–Trinajstić information content (AvgIpc) is 3.53. The van der Waals surface area contributed by atoms with Gasteiger partial charge in [0.15, 0.2) is 11.6 Å². The van der Waals surface area contributed by atoms with E-state index in [4.69, 9.17) is 19.2 Å². The lowest BCUT2D eigenvalue weighted by molar-refractivity contribution is -0.0812. The molecule has 10 heteroatoms. The topological polar surface area (TPSA) is 110 Å². The molecular formula is C26H22FN5O4. The second-order valence-electron chi connectivity index (χ2n) is 9.18. The first kappa shape index (κ1) is 21.1. The molecule has 1 saturated carbocycles. The number of methoxy groups -OCH3 is 1. The molecule has 1 aliphatic carbocycles. The van der Waals surface area contributed by atoms with Crippen LogP contribution in [0.4, 0.5) is 15.8 Å². The summed E-state index contributed by atoms with van der Waals surface area (Å²) in [5, 5.41) is 6.34. The SMILES string of the molecule is COc1c(F)cccc1Nc1c(-c2ccnc3ccc(OC4COC4)nc23)[nH]c2c1C(=O)NC1CC21. The fraction of sp³-hybridized carbons (Fsp3) is 0.269. The zero-order chi connectivity index (χ0) is 24.4. The molecule has 3 aromatic heterocycles. The van der Waals surface area contributed by atoms with Gasteiger partial charge < -0.3 is 29.8 Å². The van der Waals surface area contributed by atoms with Crippen LogP contribution in [0.25, 0.3) is 22.3 Å². The maximum Gasteiger partial charge on any atom is 0.255 e. The van der Waals surface area contributed by atoms with Gasteiger partial charge in [-0.25, -0.2) is 9.37 Å². The van der Waals surface area contributed by atoms with Crippen molar-refractivity contribution in [3.63, 3.8) is 0 Å². The summed E-state index contributed by atoms with van der Waals surface area (Å²) in [6.07, 6.45) is 2.55. The number of pyridine rings is 2. The Morgan fingerprint density at radius 1 is 1.19 bits per heavy atom. The molecule has 0 radical (unpaired) electrons. The molecule has 5 heterocycles. The highest BCUT2D eigenvalue weighted by atomic mass is 19.1. The first-order valence-corrected chi connectivity index (χ1v) is 11.8. The van der Waals surface area contributed by atoms with E-state index >= 15 is 0 Å². The van der Waals surface area contributed by atoms with E-state index in [-0.39, 0.29) is 29.7 Å². The molecule has 1 aromatic carbocycles. The number of nitrogens with one attached hydrogen (secondary N) is 3. The second-order valence-corrected chi connectivity index (χ2v) is 9.18. The molecule has 2 aliphatic heterocycles. The zero-order valence-electron chi connectivity index (χ0n) is 19.3. The van der Waals surface area contributed by atoms with E-state index in [0.29, 0.717) is 52.8 Å². The number of hydrogen-bond donors (Lipinski definition) is 3. The van der Waals surface area contributed by atoms with E-state index in [1.165, 1.54) is 13.2 Å². The third-order valence-corrected chi connectivity index (χ3v) is 6.89. The quantitative estimate of drug-likeness (QED) is 0.378. The number of carbonyl (C=O) groups excluding carboxylic acids is 1. The average molecular weight is 487 g/mol. The lowest BCUT2D eigenvalue weighted by atomic mass is 10.0. The number of rotatable bonds is 6. The van der Waals surface area contributed by atoms with E-state index in [1.807, 2.05) is 12.1 Å². The maximum absolute atomic E-state index is 14.5. The summed E-state index contributed by atoms with van der Waals surface area (Å²) in [5.74, 6) is 0.0695. The maximum atomic E-state index is 14.5. The number of aromatic amines is 1. The van der Waals surface area contributed by atoms with E-state index < -0.39 is 5.82 Å². The van der Waals surface area contributed by atoms with E-state index in [2.05, 4.69) is 20.6 Å². The van der Waals surface area contributed by atoms with Crippen molar-refractivity contribution in [2.75, 3.05) is 25.6 Å². The minimum absolute atomic E-state index is 0.0268. The Kier molecular flexibility index (Phi) is 4.65. The van der Waals surface area contributed by atoms with Crippen LogP contribution < -0.4 is 20.1 Å². The molecule has 7 rings (SSSR count). The minimum atomic E-state index is -0.502. The van der Waals surface area contributed by atoms with Gasteiger partial charge in [-0.05, 0) is 30.7 Å². The van der Waals surface area contributed by atoms with Crippen molar-refractivity contribution in [3.8, 4) is 22.9 Å². The first-order valence-electron chi connectivity index (χ1n) is 11.8. The number of fused-ring (bicyclic) bond motifs is 4. The molecule has 3 aliphatic rings. The summed E-state index contributed by atoms with van der Waals surface area (Å²) in [6, 6.07) is 10.2.